The molecule has 4 aromatic carbocycles. The summed E-state index contributed by atoms with van der Waals surface area (Å²) in [5, 5.41) is 23.1. The molecule has 0 fully saturated rings. The summed E-state index contributed by atoms with van der Waals surface area (Å²) < 4.78 is 6.84. The molecule has 0 saturated heterocycles. The van der Waals surface area contributed by atoms with Crippen molar-refractivity contribution in [2.75, 3.05) is 6.61 Å². The van der Waals surface area contributed by atoms with Gasteiger partial charge in [-0.25, -0.2) is 9.78 Å². The van der Waals surface area contributed by atoms with Crippen molar-refractivity contribution in [2.45, 2.75) is 12.5 Å². The first-order valence-corrected chi connectivity index (χ1v) is 12.7. The van der Waals surface area contributed by atoms with Gasteiger partial charge in [0, 0.05) is 23.9 Å². The molecule has 3 N–H and O–H groups in total. The Balaban J connectivity index is 1.44. The number of non-ortho nitro benzene ring substituents is 1. The van der Waals surface area contributed by atoms with Crippen LogP contribution in [0, 0.1) is 10.1 Å². The Bertz CT molecular complexity index is 1670. The van der Waals surface area contributed by atoms with Gasteiger partial charge in [0.15, 0.2) is 0 Å². The minimum atomic E-state index is -0.996. The van der Waals surface area contributed by atoms with Crippen LogP contribution in [0.3, 0.4) is 0 Å². The number of aromatic nitrogens is 1. The second-order valence-corrected chi connectivity index (χ2v) is 9.72. The molecule has 0 aliphatic carbocycles. The Hall–Kier alpha value is -4.60. The summed E-state index contributed by atoms with van der Waals surface area (Å²) in [6.45, 7) is 0.358. The third kappa shape index (κ3) is 5.39. The van der Waals surface area contributed by atoms with Crippen LogP contribution in [0.15, 0.2) is 90.5 Å². The molecule has 5 rings (SSSR count). The number of nitrogens with two attached hydrogens (primary N) is 1. The summed E-state index contributed by atoms with van der Waals surface area (Å²) in [4.78, 5) is 26.6. The summed E-state index contributed by atoms with van der Waals surface area (Å²) in [6.07, 6.45) is 2.40. The van der Waals surface area contributed by atoms with E-state index in [1.54, 1.807) is 30.3 Å². The average molecular weight is 526 g/mol. The van der Waals surface area contributed by atoms with Gasteiger partial charge in [-0.1, -0.05) is 54.6 Å². The Morgan fingerprint density at radius 1 is 1.08 bits per heavy atom. The molecule has 38 heavy (non-hydrogen) atoms. The van der Waals surface area contributed by atoms with Gasteiger partial charge in [0.05, 0.1) is 33.4 Å². The number of carboxylic acid groups (broad SMARTS) is 1. The number of nitro benzene ring substituents is 1. The van der Waals surface area contributed by atoms with E-state index >= 15 is 0 Å². The standard InChI is InChI=1S/C29H23N3O5S/c30-27(28-31-24-13-12-22(32(35)36)17-26(24)38-28)21(16-18-8-10-20(11-9-18)29(33)34)14-15-37-25-7-3-5-19-4-1-2-6-23(19)25/h1-13,16-17,27H,14-15,30H2,(H,33,34)/b21-16+. The Morgan fingerprint density at radius 2 is 1.84 bits per heavy atom. The molecule has 0 bridgehead atoms. The summed E-state index contributed by atoms with van der Waals surface area (Å²) in [7, 11) is 0. The fraction of sp³-hybridized carbons (Fsp3) is 0.103. The van der Waals surface area contributed by atoms with Gasteiger partial charge in [0.2, 0.25) is 0 Å². The van der Waals surface area contributed by atoms with Crippen LogP contribution in [0.5, 0.6) is 5.75 Å². The number of thiazole rings is 1. The van der Waals surface area contributed by atoms with Gasteiger partial charge in [-0.15, -0.1) is 11.3 Å². The zero-order chi connectivity index (χ0) is 26.6. The molecule has 0 aliphatic rings. The van der Waals surface area contributed by atoms with Crippen LogP contribution >= 0.6 is 11.3 Å². The van der Waals surface area contributed by atoms with Gasteiger partial charge in [0.25, 0.3) is 5.69 Å². The molecule has 1 unspecified atom stereocenters. The summed E-state index contributed by atoms with van der Waals surface area (Å²) >= 11 is 1.31. The van der Waals surface area contributed by atoms with E-state index < -0.39 is 16.9 Å². The maximum Gasteiger partial charge on any atom is 0.335 e. The van der Waals surface area contributed by atoms with Gasteiger partial charge < -0.3 is 15.6 Å². The van der Waals surface area contributed by atoms with Gasteiger partial charge in [-0.05, 0) is 40.8 Å². The second kappa shape index (κ2) is 10.8. The highest BCUT2D eigenvalue weighted by Crippen LogP contribution is 2.33. The van der Waals surface area contributed by atoms with Crippen molar-refractivity contribution in [2.24, 2.45) is 5.73 Å². The molecule has 1 aromatic heterocycles. The predicted octanol–water partition coefficient (Wildman–Crippen LogP) is 6.61. The zero-order valence-electron chi connectivity index (χ0n) is 20.1. The number of carboxylic acids is 1. The first kappa shape index (κ1) is 25.1. The zero-order valence-corrected chi connectivity index (χ0v) is 20.9. The van der Waals surface area contributed by atoms with Crippen LogP contribution in [0.25, 0.3) is 27.1 Å². The van der Waals surface area contributed by atoms with Crippen molar-refractivity contribution < 1.29 is 19.6 Å². The van der Waals surface area contributed by atoms with Crippen LogP contribution in [0.2, 0.25) is 0 Å². The third-order valence-electron chi connectivity index (χ3n) is 6.17. The van der Waals surface area contributed by atoms with Crippen LogP contribution in [-0.4, -0.2) is 27.6 Å². The van der Waals surface area contributed by atoms with Crippen LogP contribution in [-0.2, 0) is 0 Å². The van der Waals surface area contributed by atoms with E-state index in [1.807, 2.05) is 48.5 Å². The fourth-order valence-electron chi connectivity index (χ4n) is 4.19. The maximum atomic E-state index is 11.2. The molecule has 0 spiro atoms. The van der Waals surface area contributed by atoms with E-state index in [4.69, 9.17) is 10.5 Å². The molecule has 5 aromatic rings. The van der Waals surface area contributed by atoms with E-state index in [9.17, 15) is 20.0 Å². The van der Waals surface area contributed by atoms with E-state index in [0.29, 0.717) is 28.3 Å². The molecule has 9 heteroatoms. The third-order valence-corrected chi connectivity index (χ3v) is 7.27. The quantitative estimate of drug-likeness (QED) is 0.164. The van der Waals surface area contributed by atoms with E-state index in [1.165, 1.54) is 23.5 Å². The molecule has 0 saturated carbocycles. The van der Waals surface area contributed by atoms with Gasteiger partial charge in [-0.2, -0.15) is 0 Å². The summed E-state index contributed by atoms with van der Waals surface area (Å²) in [5.74, 6) is -0.223. The number of hydrogen-bond donors (Lipinski definition) is 2. The highest BCUT2D eigenvalue weighted by molar-refractivity contribution is 7.18. The number of nitro groups is 1. The molecule has 0 radical (unpaired) electrons. The highest BCUT2D eigenvalue weighted by Gasteiger charge is 2.19. The number of nitrogens with zero attached hydrogens (tertiary/aromatic N) is 2. The molecule has 1 heterocycles. The molecule has 8 nitrogen and oxygen atoms in total. The van der Waals surface area contributed by atoms with Crippen LogP contribution in [0.1, 0.15) is 33.4 Å². The van der Waals surface area contributed by atoms with Gasteiger partial charge in [0.1, 0.15) is 10.8 Å². The predicted molar refractivity (Wildman–Crippen MR) is 149 cm³/mol. The van der Waals surface area contributed by atoms with Crippen molar-refractivity contribution in [3.63, 3.8) is 0 Å². The SMILES string of the molecule is NC(/C(=C/c1ccc(C(=O)O)cc1)CCOc1cccc2ccccc12)c1nc2ccc([N+](=O)[O-])cc2s1. The minimum Gasteiger partial charge on any atom is -0.493 e. The van der Waals surface area contributed by atoms with Crippen molar-refractivity contribution in [1.29, 1.82) is 0 Å². The summed E-state index contributed by atoms with van der Waals surface area (Å²) in [5.41, 5.74) is 9.16. The van der Waals surface area contributed by atoms with Crippen molar-refractivity contribution in [3.8, 4) is 5.75 Å². The van der Waals surface area contributed by atoms with Crippen molar-refractivity contribution in [1.82, 2.24) is 4.98 Å². The molecule has 1 atom stereocenters. The number of fused-ring (bicyclic) bond motifs is 2. The fourth-order valence-corrected chi connectivity index (χ4v) is 5.24. The van der Waals surface area contributed by atoms with E-state index in [-0.39, 0.29) is 11.3 Å². The number of aromatic carboxylic acids is 1. The van der Waals surface area contributed by atoms with E-state index in [0.717, 1.165) is 27.7 Å². The Labute approximate surface area is 221 Å². The normalized spacial score (nSPS) is 12.5. The first-order chi connectivity index (χ1) is 18.4. The first-order valence-electron chi connectivity index (χ1n) is 11.8. The average Bonchev–Trinajstić information content (AvgIpc) is 3.36. The Kier molecular flexibility index (Phi) is 7.12. The van der Waals surface area contributed by atoms with Gasteiger partial charge in [-0.3, -0.25) is 10.1 Å². The topological polar surface area (TPSA) is 129 Å². The number of ether oxygens (including phenoxy) is 1. The van der Waals surface area contributed by atoms with E-state index in [2.05, 4.69) is 4.98 Å². The molecular formula is C29H23N3O5S. The lowest BCUT2D eigenvalue weighted by molar-refractivity contribution is -0.384. The van der Waals surface area contributed by atoms with Crippen LogP contribution < -0.4 is 10.5 Å². The monoisotopic (exact) mass is 525 g/mol. The molecule has 0 aliphatic heterocycles. The smallest absolute Gasteiger partial charge is 0.335 e. The number of rotatable bonds is 9. The Morgan fingerprint density at radius 3 is 2.61 bits per heavy atom. The highest BCUT2D eigenvalue weighted by atomic mass is 32.1. The largest absolute Gasteiger partial charge is 0.493 e. The van der Waals surface area contributed by atoms with Crippen molar-refractivity contribution >= 4 is 50.1 Å². The molecular weight excluding hydrogens is 502 g/mol. The maximum absolute atomic E-state index is 11.2. The molecule has 190 valence electrons. The van der Waals surface area contributed by atoms with Crippen LogP contribution in [0.4, 0.5) is 5.69 Å². The molecule has 0 amide bonds. The number of hydrogen-bond acceptors (Lipinski definition) is 7. The lowest BCUT2D eigenvalue weighted by Crippen LogP contribution is -2.15. The number of carbonyl (C=O) groups is 1. The number of benzene rings is 4. The lowest BCUT2D eigenvalue weighted by atomic mass is 10.0. The van der Waals surface area contributed by atoms with Crippen molar-refractivity contribution in [3.05, 3.63) is 117 Å². The van der Waals surface area contributed by atoms with Gasteiger partial charge >= 0.3 is 5.97 Å². The second-order valence-electron chi connectivity index (χ2n) is 8.66. The summed E-state index contributed by atoms with van der Waals surface area (Å²) in [6, 6.07) is 24.4. The minimum absolute atomic E-state index is 0.000884. The lowest BCUT2D eigenvalue weighted by Gasteiger charge is -2.16.